The summed E-state index contributed by atoms with van der Waals surface area (Å²) in [5.41, 5.74) is 5.17. The van der Waals surface area contributed by atoms with E-state index in [9.17, 15) is 5.11 Å². The summed E-state index contributed by atoms with van der Waals surface area (Å²) in [6, 6.07) is 5.56. The normalized spacial score (nSPS) is 14.0. The van der Waals surface area contributed by atoms with E-state index in [2.05, 4.69) is 26.0 Å². The first-order valence-electron chi connectivity index (χ1n) is 4.83. The van der Waals surface area contributed by atoms with Crippen molar-refractivity contribution in [1.82, 2.24) is 0 Å². The minimum atomic E-state index is 0.342. The molecule has 0 atom stereocenters. The van der Waals surface area contributed by atoms with Crippen molar-refractivity contribution in [2.75, 3.05) is 0 Å². The Hall–Kier alpha value is -1.50. The highest BCUT2D eigenvalue weighted by Crippen LogP contribution is 2.26. The van der Waals surface area contributed by atoms with Gasteiger partial charge in [-0.25, -0.2) is 0 Å². The number of phenols is 1. The van der Waals surface area contributed by atoms with Crippen molar-refractivity contribution in [1.29, 1.82) is 0 Å². The van der Waals surface area contributed by atoms with Gasteiger partial charge < -0.3 is 5.11 Å². The zero-order valence-electron chi connectivity index (χ0n) is 8.54. The first kappa shape index (κ1) is 9.07. The molecule has 2 rings (SSSR count). The Morgan fingerprint density at radius 2 is 2.00 bits per heavy atom. The molecule has 1 aliphatic rings. The average molecular weight is 186 g/mol. The van der Waals surface area contributed by atoms with E-state index >= 15 is 0 Å². The van der Waals surface area contributed by atoms with Crippen LogP contribution in [-0.2, 0) is 6.42 Å². The number of rotatable bonds is 0. The molecule has 1 aliphatic carbocycles. The minimum Gasteiger partial charge on any atom is -0.508 e. The van der Waals surface area contributed by atoms with Crippen molar-refractivity contribution in [3.63, 3.8) is 0 Å². The highest BCUT2D eigenvalue weighted by molar-refractivity contribution is 5.63. The Morgan fingerprint density at radius 3 is 2.71 bits per heavy atom. The van der Waals surface area contributed by atoms with Crippen molar-refractivity contribution in [3.05, 3.63) is 46.5 Å². The maximum absolute atomic E-state index is 9.32. The van der Waals surface area contributed by atoms with Crippen LogP contribution in [0.5, 0.6) is 5.75 Å². The van der Waals surface area contributed by atoms with Gasteiger partial charge >= 0.3 is 0 Å². The smallest absolute Gasteiger partial charge is 0.116 e. The van der Waals surface area contributed by atoms with Gasteiger partial charge in [0.25, 0.3) is 0 Å². The van der Waals surface area contributed by atoms with Gasteiger partial charge in [0.1, 0.15) is 5.75 Å². The molecule has 1 aromatic rings. The van der Waals surface area contributed by atoms with Gasteiger partial charge in [0.05, 0.1) is 0 Å². The minimum absolute atomic E-state index is 0.342. The molecule has 0 unspecified atom stereocenters. The molecule has 0 heterocycles. The van der Waals surface area contributed by atoms with Crippen LogP contribution in [0.25, 0.3) is 6.08 Å². The van der Waals surface area contributed by atoms with E-state index in [0.717, 1.165) is 12.0 Å². The number of hydrogen-bond acceptors (Lipinski definition) is 1. The molecule has 14 heavy (non-hydrogen) atoms. The first-order valence-corrected chi connectivity index (χ1v) is 4.83. The molecule has 0 spiro atoms. The predicted octanol–water partition coefficient (Wildman–Crippen LogP) is 3.30. The molecule has 1 nitrogen and oxygen atoms in total. The third-order valence-corrected chi connectivity index (χ3v) is 2.62. The molecular formula is C13H14O. The van der Waals surface area contributed by atoms with Crippen LogP contribution in [0.15, 0.2) is 35.4 Å². The lowest BCUT2D eigenvalue weighted by Crippen LogP contribution is -1.98. The van der Waals surface area contributed by atoms with Crippen LogP contribution in [0.3, 0.4) is 0 Å². The number of allylic oxidation sites excluding steroid dienone is 3. The summed E-state index contributed by atoms with van der Waals surface area (Å²) in [4.78, 5) is 0. The van der Waals surface area contributed by atoms with Crippen LogP contribution in [0, 0.1) is 0 Å². The Kier molecular flexibility index (Phi) is 2.16. The Bertz CT molecular complexity index is 421. The van der Waals surface area contributed by atoms with E-state index in [4.69, 9.17) is 0 Å². The summed E-state index contributed by atoms with van der Waals surface area (Å²) in [5.74, 6) is 0.342. The summed E-state index contributed by atoms with van der Waals surface area (Å²) >= 11 is 0. The zero-order valence-corrected chi connectivity index (χ0v) is 8.54. The van der Waals surface area contributed by atoms with E-state index in [1.165, 1.54) is 16.7 Å². The molecule has 0 aliphatic heterocycles. The molecule has 1 heteroatoms. The zero-order chi connectivity index (χ0) is 10.1. The summed E-state index contributed by atoms with van der Waals surface area (Å²) in [6.45, 7) is 4.26. The van der Waals surface area contributed by atoms with Crippen molar-refractivity contribution in [2.24, 2.45) is 0 Å². The highest BCUT2D eigenvalue weighted by Gasteiger charge is 2.08. The van der Waals surface area contributed by atoms with Crippen molar-refractivity contribution in [2.45, 2.75) is 20.3 Å². The van der Waals surface area contributed by atoms with E-state index in [-0.39, 0.29) is 0 Å². The van der Waals surface area contributed by atoms with E-state index in [0.29, 0.717) is 5.75 Å². The fourth-order valence-electron chi connectivity index (χ4n) is 1.70. The number of phenolic OH excluding ortho intramolecular Hbond substituents is 1. The molecule has 0 saturated heterocycles. The van der Waals surface area contributed by atoms with E-state index in [1.807, 2.05) is 12.1 Å². The van der Waals surface area contributed by atoms with Gasteiger partial charge in [-0.15, -0.1) is 0 Å². The second-order valence-electron chi connectivity index (χ2n) is 3.92. The van der Waals surface area contributed by atoms with Crippen molar-refractivity contribution >= 4 is 6.08 Å². The largest absolute Gasteiger partial charge is 0.508 e. The lowest BCUT2D eigenvalue weighted by Gasteiger charge is -2.14. The first-order chi connectivity index (χ1) is 6.66. The molecule has 72 valence electrons. The molecular weight excluding hydrogens is 172 g/mol. The van der Waals surface area contributed by atoms with Gasteiger partial charge in [-0.2, -0.15) is 0 Å². The molecule has 0 bridgehead atoms. The Morgan fingerprint density at radius 1 is 1.21 bits per heavy atom. The number of aromatic hydroxyl groups is 1. The predicted molar refractivity (Wildman–Crippen MR) is 59.2 cm³/mol. The Balaban J connectivity index is 2.46. The van der Waals surface area contributed by atoms with Crippen LogP contribution >= 0.6 is 0 Å². The van der Waals surface area contributed by atoms with Gasteiger partial charge in [-0.1, -0.05) is 23.8 Å². The van der Waals surface area contributed by atoms with Gasteiger partial charge in [-0.05, 0) is 49.1 Å². The summed E-state index contributed by atoms with van der Waals surface area (Å²) in [7, 11) is 0. The lowest BCUT2D eigenvalue weighted by atomic mass is 9.91. The van der Waals surface area contributed by atoms with Crippen molar-refractivity contribution < 1.29 is 5.11 Å². The second-order valence-corrected chi connectivity index (χ2v) is 3.92. The van der Waals surface area contributed by atoms with Gasteiger partial charge in [0, 0.05) is 0 Å². The van der Waals surface area contributed by atoms with Gasteiger partial charge in [0.2, 0.25) is 0 Å². The maximum atomic E-state index is 9.32. The fourth-order valence-corrected chi connectivity index (χ4v) is 1.70. The monoisotopic (exact) mass is 186 g/mol. The van der Waals surface area contributed by atoms with Crippen LogP contribution in [0.1, 0.15) is 25.0 Å². The van der Waals surface area contributed by atoms with Crippen LogP contribution in [0.2, 0.25) is 0 Å². The third kappa shape index (κ3) is 1.58. The average Bonchev–Trinajstić information content (AvgIpc) is 2.16. The fraction of sp³-hybridized carbons (Fsp3) is 0.231. The highest BCUT2D eigenvalue weighted by atomic mass is 16.3. The molecule has 0 aromatic heterocycles. The van der Waals surface area contributed by atoms with Gasteiger partial charge in [-0.3, -0.25) is 0 Å². The molecule has 0 amide bonds. The number of hydrogen-bond donors (Lipinski definition) is 1. The molecule has 0 fully saturated rings. The molecule has 1 N–H and O–H groups in total. The number of fused-ring (bicyclic) bond motifs is 1. The van der Waals surface area contributed by atoms with Crippen LogP contribution < -0.4 is 0 Å². The summed E-state index contributed by atoms with van der Waals surface area (Å²) < 4.78 is 0. The Labute approximate surface area is 84.4 Å². The molecule has 0 radical (unpaired) electrons. The quantitative estimate of drug-likeness (QED) is 0.659. The van der Waals surface area contributed by atoms with E-state index < -0.39 is 0 Å². The van der Waals surface area contributed by atoms with Crippen molar-refractivity contribution in [3.8, 4) is 5.75 Å². The standard InChI is InChI=1S/C13H14O/c1-9(2)10-3-4-12-8-13(14)6-5-11(12)7-10/h3-6,8,14H,7H2,1-2H3. The second kappa shape index (κ2) is 3.33. The number of benzene rings is 1. The molecule has 1 aromatic carbocycles. The summed E-state index contributed by atoms with van der Waals surface area (Å²) in [5, 5.41) is 9.32. The SMILES string of the molecule is CC(C)=C1C=Cc2cc(O)ccc2C1. The van der Waals surface area contributed by atoms with Crippen LogP contribution in [0.4, 0.5) is 0 Å². The van der Waals surface area contributed by atoms with Crippen LogP contribution in [-0.4, -0.2) is 5.11 Å². The van der Waals surface area contributed by atoms with Gasteiger partial charge in [0.15, 0.2) is 0 Å². The topological polar surface area (TPSA) is 20.2 Å². The lowest BCUT2D eigenvalue weighted by molar-refractivity contribution is 0.475. The van der Waals surface area contributed by atoms with E-state index in [1.54, 1.807) is 6.07 Å². The summed E-state index contributed by atoms with van der Waals surface area (Å²) in [6.07, 6.45) is 5.19. The molecule has 0 saturated carbocycles. The maximum Gasteiger partial charge on any atom is 0.116 e. The third-order valence-electron chi connectivity index (χ3n) is 2.62.